The molecule has 0 bridgehead atoms. The Morgan fingerprint density at radius 1 is 0.177 bits per heavy atom. The van der Waals surface area contributed by atoms with Crippen LogP contribution in [0.4, 0.5) is 23.3 Å². The molecular weight excluding hydrogens is 1500 g/mol. The maximum Gasteiger partial charge on any atom is 0.232 e. The van der Waals surface area contributed by atoms with E-state index in [9.17, 15) is 0 Å². The van der Waals surface area contributed by atoms with Crippen molar-refractivity contribution in [2.75, 3.05) is 10.6 Å². The summed E-state index contributed by atoms with van der Waals surface area (Å²) < 4.78 is 0. The van der Waals surface area contributed by atoms with Crippen molar-refractivity contribution in [1.82, 2.24) is 15.0 Å². The van der Waals surface area contributed by atoms with Crippen molar-refractivity contribution in [3.63, 3.8) is 0 Å². The second-order valence-electron chi connectivity index (χ2n) is 40.2. The lowest BCUT2D eigenvalue weighted by Gasteiger charge is -2.20. The number of rotatable bonds is 96. The zero-order valence-electron chi connectivity index (χ0n) is 84.8. The maximum absolute atomic E-state index is 5.51. The van der Waals surface area contributed by atoms with Crippen LogP contribution in [0.5, 0.6) is 0 Å². The molecule has 1 heterocycles. The second kappa shape index (κ2) is 86.0. The van der Waals surface area contributed by atoms with Gasteiger partial charge in [0.05, 0.1) is 0 Å². The first-order valence-corrected chi connectivity index (χ1v) is 57.1. The molecule has 0 atom stereocenters. The lowest BCUT2D eigenvalue weighted by atomic mass is 9.89. The van der Waals surface area contributed by atoms with Crippen LogP contribution in [0.2, 0.25) is 0 Å². The Morgan fingerprint density at radius 3 is 0.508 bits per heavy atom. The number of nitrogens with zero attached hydrogens (tertiary/aromatic N) is 3. The second-order valence-corrected chi connectivity index (χ2v) is 40.2. The Kier molecular flexibility index (Phi) is 78.1. The van der Waals surface area contributed by atoms with Gasteiger partial charge in [-0.25, -0.2) is 0 Å². The fourth-order valence-corrected chi connectivity index (χ4v) is 20.1. The number of anilines is 4. The van der Waals surface area contributed by atoms with Gasteiger partial charge in [-0.1, -0.05) is 574 Å². The van der Waals surface area contributed by atoms with Gasteiger partial charge in [0.1, 0.15) is 0 Å². The Bertz CT molecular complexity index is 2630. The molecule has 0 aliphatic carbocycles. The minimum absolute atomic E-state index is 0.649. The largest absolute Gasteiger partial charge is 0.324 e. The summed E-state index contributed by atoms with van der Waals surface area (Å²) in [6, 6.07) is 19.4. The van der Waals surface area contributed by atoms with Crippen LogP contribution in [0, 0.1) is 0 Å². The smallest absolute Gasteiger partial charge is 0.232 e. The molecule has 0 spiro atoms. The highest BCUT2D eigenvalue weighted by Crippen LogP contribution is 2.34. The summed E-state index contributed by atoms with van der Waals surface area (Å²) in [6.07, 6.45) is 126. The summed E-state index contributed by atoms with van der Waals surface area (Å²) in [5, 5.41) is 8.05. The molecule has 714 valence electrons. The molecule has 124 heavy (non-hydrogen) atoms. The molecule has 0 unspecified atom stereocenters. The fourth-order valence-electron chi connectivity index (χ4n) is 20.1. The van der Waals surface area contributed by atoms with Crippen molar-refractivity contribution in [1.29, 1.82) is 0 Å². The topological polar surface area (TPSA) is 62.7 Å². The monoisotopic (exact) mass is 1710 g/mol. The van der Waals surface area contributed by atoms with Crippen LogP contribution in [-0.2, 0) is 44.9 Å². The van der Waals surface area contributed by atoms with Crippen molar-refractivity contribution in [3.05, 3.63) is 87.5 Å². The van der Waals surface area contributed by atoms with E-state index in [4.69, 9.17) is 15.0 Å². The molecule has 0 saturated heterocycles. The van der Waals surface area contributed by atoms with Gasteiger partial charge in [-0.05, 0) is 147 Å². The molecule has 0 saturated carbocycles. The van der Waals surface area contributed by atoms with Crippen molar-refractivity contribution in [2.45, 2.75) is 633 Å². The van der Waals surface area contributed by atoms with Gasteiger partial charge in [0, 0.05) is 16.9 Å². The standard InChI is InChI=1S/C119H213N5/c1-8-15-21-27-33-39-45-51-57-63-69-75-81-87-93-109-103-113(104-110(94-88-82-76-70-64-58-52-46-40-34-28-22-16-9-2)115(109)97-91-85-79-73-67-61-55-49-43-37-31-25-19-12-5)120-118-122-117(108-101-99-107(14-7)100-102-108)123-119(124-118)121-114-105-111(95-89-83-77-71-65-59-53-47-41-35-29-23-17-10-3)116(98-92-86-80-74-68-62-56-50-44-38-32-26-20-13-6)112(106-114)96-90-84-78-72-66-60-54-48-42-36-30-24-18-11-4/h99-106H,8-98H2,1-7H3,(H2,120,121,122,123,124). The molecule has 3 aromatic carbocycles. The third kappa shape index (κ3) is 63.3. The van der Waals surface area contributed by atoms with E-state index in [1.54, 1.807) is 33.4 Å². The number of aryl methyl sites for hydroxylation is 5. The van der Waals surface area contributed by atoms with E-state index in [0.29, 0.717) is 11.9 Å². The van der Waals surface area contributed by atoms with Gasteiger partial charge in [-0.3, -0.25) is 0 Å². The highest BCUT2D eigenvalue weighted by atomic mass is 15.2. The van der Waals surface area contributed by atoms with Crippen molar-refractivity contribution in [3.8, 4) is 11.4 Å². The first kappa shape index (κ1) is 113. The van der Waals surface area contributed by atoms with E-state index < -0.39 is 0 Å². The Balaban J connectivity index is 1.71. The summed E-state index contributed by atoms with van der Waals surface area (Å²) in [6.45, 7) is 16.3. The molecular formula is C119H213N5. The Hall–Kier alpha value is -3.73. The summed E-state index contributed by atoms with van der Waals surface area (Å²) in [4.78, 5) is 16.4. The van der Waals surface area contributed by atoms with Gasteiger partial charge in [0.2, 0.25) is 11.9 Å². The van der Waals surface area contributed by atoms with E-state index in [0.717, 1.165) is 54.9 Å². The van der Waals surface area contributed by atoms with Crippen molar-refractivity contribution < 1.29 is 0 Å². The molecule has 0 amide bonds. The molecule has 2 N–H and O–H groups in total. The molecule has 0 radical (unpaired) electrons. The minimum atomic E-state index is 0.649. The summed E-state index contributed by atoms with van der Waals surface area (Å²) in [5.74, 6) is 2.04. The van der Waals surface area contributed by atoms with Crippen molar-refractivity contribution >= 4 is 23.3 Å². The number of aromatic nitrogens is 3. The number of benzene rings is 3. The average molecular weight is 1710 g/mol. The predicted molar refractivity (Wildman–Crippen MR) is 558 cm³/mol. The van der Waals surface area contributed by atoms with Gasteiger partial charge >= 0.3 is 0 Å². The highest BCUT2D eigenvalue weighted by Gasteiger charge is 2.19. The van der Waals surface area contributed by atoms with Gasteiger partial charge < -0.3 is 10.6 Å². The van der Waals surface area contributed by atoms with Crippen LogP contribution in [0.25, 0.3) is 11.4 Å². The van der Waals surface area contributed by atoms with E-state index in [2.05, 4.69) is 108 Å². The van der Waals surface area contributed by atoms with Crippen LogP contribution in [-0.4, -0.2) is 15.0 Å². The number of hydrogen-bond acceptors (Lipinski definition) is 5. The predicted octanol–water partition coefficient (Wildman–Crippen LogP) is 41.7. The normalized spacial score (nSPS) is 11.7. The van der Waals surface area contributed by atoms with Gasteiger partial charge in [0.25, 0.3) is 0 Å². The SMILES string of the molecule is CCCCCCCCCCCCCCCCc1cc(Nc2nc(Nc3cc(CCCCCCCCCCCCCCCC)c(CCCCCCCCCCCCCCCC)c(CCCCCCCCCCCCCCCC)c3)nc(-c3ccc(CC)cc3)n2)cc(CCCCCCCCCCCCCCCC)c1CCCCCCCCCCCCCCCC. The number of nitrogens with one attached hydrogen (secondary N) is 2. The number of unbranched alkanes of at least 4 members (excludes halogenated alkanes) is 78. The van der Waals surface area contributed by atoms with Gasteiger partial charge in [-0.2, -0.15) is 15.0 Å². The molecule has 4 aromatic rings. The van der Waals surface area contributed by atoms with E-state index >= 15 is 0 Å². The first-order valence-electron chi connectivity index (χ1n) is 57.1. The molecule has 0 aliphatic rings. The van der Waals surface area contributed by atoms with Crippen LogP contribution in [0.3, 0.4) is 0 Å². The van der Waals surface area contributed by atoms with Crippen molar-refractivity contribution in [2.24, 2.45) is 0 Å². The van der Waals surface area contributed by atoms with Crippen LogP contribution in [0.15, 0.2) is 48.5 Å². The van der Waals surface area contributed by atoms with Crippen LogP contribution in [0.1, 0.15) is 627 Å². The highest BCUT2D eigenvalue weighted by molar-refractivity contribution is 5.66. The quantitative estimate of drug-likeness (QED) is 0.0431. The molecule has 5 nitrogen and oxygen atoms in total. The molecule has 5 heteroatoms. The molecule has 0 fully saturated rings. The van der Waals surface area contributed by atoms with Gasteiger partial charge in [-0.15, -0.1) is 0 Å². The fraction of sp³-hybridized carbons (Fsp3) is 0.824. The zero-order chi connectivity index (χ0) is 88.0. The third-order valence-corrected chi connectivity index (χ3v) is 28.4. The van der Waals surface area contributed by atoms with Gasteiger partial charge in [0.15, 0.2) is 5.82 Å². The lowest BCUT2D eigenvalue weighted by molar-refractivity contribution is 0.533. The van der Waals surface area contributed by atoms with Crippen LogP contribution >= 0.6 is 0 Å². The van der Waals surface area contributed by atoms with Crippen LogP contribution < -0.4 is 10.6 Å². The number of hydrogen-bond donors (Lipinski definition) is 2. The summed E-state index contributed by atoms with van der Waals surface area (Å²) in [5.41, 5.74) is 14.4. The third-order valence-electron chi connectivity index (χ3n) is 28.4. The minimum Gasteiger partial charge on any atom is -0.324 e. The molecule has 4 rings (SSSR count). The average Bonchev–Trinajstić information content (AvgIpc) is 0.774. The lowest BCUT2D eigenvalue weighted by Crippen LogP contribution is -2.09. The Labute approximate surface area is 775 Å². The molecule has 1 aromatic heterocycles. The maximum atomic E-state index is 5.51. The van der Waals surface area contributed by atoms with E-state index in [1.807, 2.05) is 0 Å². The first-order chi connectivity index (χ1) is 61.5. The summed E-state index contributed by atoms with van der Waals surface area (Å²) >= 11 is 0. The molecule has 0 aliphatic heterocycles. The summed E-state index contributed by atoms with van der Waals surface area (Å²) in [7, 11) is 0. The zero-order valence-corrected chi connectivity index (χ0v) is 84.8. The Morgan fingerprint density at radius 2 is 0.339 bits per heavy atom. The van der Waals surface area contributed by atoms with E-state index in [1.165, 1.54) is 558 Å². The van der Waals surface area contributed by atoms with E-state index in [-0.39, 0.29) is 0 Å².